The molecule has 0 aliphatic carbocycles. The normalized spacial score (nSPS) is 13.4. The third-order valence-corrected chi connectivity index (χ3v) is 3.46. The molecule has 0 atom stereocenters. The molecule has 0 unspecified atom stereocenters. The number of benzene rings is 1. The second-order valence-electron chi connectivity index (χ2n) is 4.26. The van der Waals surface area contributed by atoms with Crippen LogP contribution in [-0.4, -0.2) is 36.2 Å². The van der Waals surface area contributed by atoms with Crippen LogP contribution in [0.15, 0.2) is 53.9 Å². The van der Waals surface area contributed by atoms with Crippen molar-refractivity contribution >= 4 is 40.6 Å². The van der Waals surface area contributed by atoms with Crippen molar-refractivity contribution in [2.75, 3.05) is 0 Å². The van der Waals surface area contributed by atoms with Gasteiger partial charge in [0, 0.05) is 24.4 Å². The van der Waals surface area contributed by atoms with Gasteiger partial charge < -0.3 is 15.1 Å². The molecule has 1 aliphatic heterocycles. The molecule has 0 fully saturated rings. The van der Waals surface area contributed by atoms with Crippen molar-refractivity contribution in [2.24, 2.45) is 0 Å². The number of aliphatic carboxylic acids is 2. The average molecular weight is 342 g/mol. The number of hydrogen-bond donors (Lipinski definition) is 2. The van der Waals surface area contributed by atoms with Crippen molar-refractivity contribution in [1.29, 1.82) is 0 Å². The Morgan fingerprint density at radius 3 is 1.91 bits per heavy atom. The third-order valence-electron chi connectivity index (χ3n) is 2.85. The zero-order chi connectivity index (χ0) is 15.4. The van der Waals surface area contributed by atoms with Gasteiger partial charge in [-0.25, -0.2) is 13.8 Å². The number of nitrogens with zero attached hydrogens (tertiary/aromatic N) is 1. The molecule has 116 valence electrons. The first-order chi connectivity index (χ1) is 10.0. The molecule has 0 saturated carbocycles. The van der Waals surface area contributed by atoms with Gasteiger partial charge in [0.1, 0.15) is 16.2 Å². The highest BCUT2D eigenvalue weighted by Crippen LogP contribution is 2.21. The van der Waals surface area contributed by atoms with E-state index in [9.17, 15) is 13.8 Å². The maximum atomic E-state index is 11.4. The minimum atomic E-state index is -1.21. The highest BCUT2D eigenvalue weighted by Gasteiger charge is 2.23. The van der Waals surface area contributed by atoms with E-state index in [1.807, 2.05) is 0 Å². The van der Waals surface area contributed by atoms with E-state index in [1.54, 1.807) is 30.3 Å². The molecule has 1 aliphatic rings. The minimum absolute atomic E-state index is 0. The van der Waals surface area contributed by atoms with E-state index < -0.39 is 11.9 Å². The molecule has 0 radical (unpaired) electrons. The van der Waals surface area contributed by atoms with E-state index >= 15 is 0 Å². The van der Waals surface area contributed by atoms with Crippen LogP contribution in [0, 0.1) is 0 Å². The summed E-state index contributed by atoms with van der Waals surface area (Å²) in [6.07, 6.45) is 2.34. The molecule has 0 bridgehead atoms. The van der Waals surface area contributed by atoms with Crippen LogP contribution in [0.2, 0.25) is 0 Å². The van der Waals surface area contributed by atoms with E-state index in [0.717, 1.165) is 0 Å². The summed E-state index contributed by atoms with van der Waals surface area (Å²) < 4.78 is 11.4. The summed E-state index contributed by atoms with van der Waals surface area (Å²) in [5.74, 6) is -2.43. The largest absolute Gasteiger partial charge is 0.478 e. The molecule has 1 aromatic rings. The molecule has 6 nitrogen and oxygen atoms in total. The predicted molar refractivity (Wildman–Crippen MR) is 83.8 cm³/mol. The van der Waals surface area contributed by atoms with Gasteiger partial charge in [-0.05, 0) is 0 Å². The second kappa shape index (κ2) is 7.58. The van der Waals surface area contributed by atoms with Crippen molar-refractivity contribution in [3.63, 3.8) is 0 Å². The lowest BCUT2D eigenvalue weighted by Gasteiger charge is -2.22. The Hall–Kier alpha value is -2.38. The summed E-state index contributed by atoms with van der Waals surface area (Å²) in [6, 6.07) is 8.64. The summed E-state index contributed by atoms with van der Waals surface area (Å²) in [7, 11) is 0. The van der Waals surface area contributed by atoms with Crippen LogP contribution in [0.5, 0.6) is 0 Å². The van der Waals surface area contributed by atoms with Gasteiger partial charge >= 0.3 is 11.9 Å². The molecule has 0 saturated heterocycles. The molecule has 1 aromatic carbocycles. The standard InChI is InChI=1S/C14H11NO5S.ClH/c16-13(17)10-6-11(14(18)19)8-15(7-10)12(21-20)9-4-2-1-3-5-9;/h1-5,7-8H,6H2,(H,16,17)(H,18,19);1H. The van der Waals surface area contributed by atoms with Gasteiger partial charge in [0.25, 0.3) is 0 Å². The SMILES string of the molecule is Cl.O=S=C(c1ccccc1)N1C=C(C(=O)O)CC(C(=O)O)=C1. The van der Waals surface area contributed by atoms with Gasteiger partial charge in [-0.3, -0.25) is 0 Å². The van der Waals surface area contributed by atoms with Crippen LogP contribution >= 0.6 is 12.4 Å². The molecule has 1 heterocycles. The monoisotopic (exact) mass is 341 g/mol. The number of carboxylic acid groups (broad SMARTS) is 2. The molecule has 0 amide bonds. The van der Waals surface area contributed by atoms with Crippen LogP contribution in [0.25, 0.3) is 0 Å². The van der Waals surface area contributed by atoms with Gasteiger partial charge in [0.15, 0.2) is 0 Å². The Morgan fingerprint density at radius 1 is 1.00 bits per heavy atom. The fraction of sp³-hybridized carbons (Fsp3) is 0.0714. The van der Waals surface area contributed by atoms with Crippen LogP contribution in [0.3, 0.4) is 0 Å². The highest BCUT2D eigenvalue weighted by molar-refractivity contribution is 7.66. The summed E-state index contributed by atoms with van der Waals surface area (Å²) >= 11 is 0.175. The van der Waals surface area contributed by atoms with Gasteiger partial charge in [0.2, 0.25) is 0 Å². The van der Waals surface area contributed by atoms with Crippen molar-refractivity contribution in [1.82, 2.24) is 4.90 Å². The Bertz CT molecular complexity index is 677. The van der Waals surface area contributed by atoms with E-state index in [0.29, 0.717) is 5.56 Å². The van der Waals surface area contributed by atoms with Crippen molar-refractivity contribution in [3.8, 4) is 0 Å². The molecular formula is C14H12ClNO5S. The van der Waals surface area contributed by atoms with Gasteiger partial charge in [-0.1, -0.05) is 30.3 Å². The molecule has 2 rings (SSSR count). The van der Waals surface area contributed by atoms with Crippen molar-refractivity contribution in [2.45, 2.75) is 6.42 Å². The third kappa shape index (κ3) is 3.84. The highest BCUT2D eigenvalue weighted by atomic mass is 35.5. The van der Waals surface area contributed by atoms with E-state index in [1.165, 1.54) is 17.3 Å². The first kappa shape index (κ1) is 17.7. The molecule has 8 heteroatoms. The van der Waals surface area contributed by atoms with Gasteiger partial charge in [-0.2, -0.15) is 0 Å². The fourth-order valence-corrected chi connectivity index (χ4v) is 2.29. The molecule has 22 heavy (non-hydrogen) atoms. The summed E-state index contributed by atoms with van der Waals surface area (Å²) in [6.45, 7) is 0. The fourth-order valence-electron chi connectivity index (χ4n) is 1.87. The summed E-state index contributed by atoms with van der Waals surface area (Å²) in [5, 5.41) is 18.1. The summed E-state index contributed by atoms with van der Waals surface area (Å²) in [5.41, 5.74) is 0.413. The smallest absolute Gasteiger partial charge is 0.333 e. The van der Waals surface area contributed by atoms with Crippen LogP contribution < -0.4 is 0 Å². The minimum Gasteiger partial charge on any atom is -0.478 e. The first-order valence-electron chi connectivity index (χ1n) is 5.91. The predicted octanol–water partition coefficient (Wildman–Crippen LogP) is 1.44. The number of halogens is 1. The maximum absolute atomic E-state index is 11.4. The Balaban J connectivity index is 0.00000242. The Labute approximate surface area is 135 Å². The topological polar surface area (TPSA) is 94.9 Å². The zero-order valence-electron chi connectivity index (χ0n) is 11.1. The Morgan fingerprint density at radius 2 is 1.50 bits per heavy atom. The maximum Gasteiger partial charge on any atom is 0.333 e. The lowest BCUT2D eigenvalue weighted by molar-refractivity contribution is -0.133. The van der Waals surface area contributed by atoms with E-state index in [4.69, 9.17) is 10.2 Å². The molecule has 0 aromatic heterocycles. The molecular weight excluding hydrogens is 330 g/mol. The first-order valence-corrected chi connectivity index (χ1v) is 6.65. The number of hydrogen-bond acceptors (Lipinski definition) is 3. The van der Waals surface area contributed by atoms with E-state index in [-0.39, 0.29) is 46.2 Å². The lowest BCUT2D eigenvalue weighted by atomic mass is 10.0. The second-order valence-corrected chi connectivity index (χ2v) is 4.81. The lowest BCUT2D eigenvalue weighted by Crippen LogP contribution is -2.27. The van der Waals surface area contributed by atoms with Crippen LogP contribution in [-0.2, 0) is 20.8 Å². The zero-order valence-corrected chi connectivity index (χ0v) is 12.8. The van der Waals surface area contributed by atoms with Crippen molar-refractivity contribution < 1.29 is 24.0 Å². The summed E-state index contributed by atoms with van der Waals surface area (Å²) in [4.78, 5) is 23.7. The van der Waals surface area contributed by atoms with Crippen LogP contribution in [0.4, 0.5) is 0 Å². The van der Waals surface area contributed by atoms with E-state index in [2.05, 4.69) is 0 Å². The number of carboxylic acids is 2. The van der Waals surface area contributed by atoms with Gasteiger partial charge in [-0.15, -0.1) is 12.4 Å². The number of carbonyl (C=O) groups is 2. The van der Waals surface area contributed by atoms with Gasteiger partial charge in [0.05, 0.1) is 11.1 Å². The Kier molecular flexibility index (Phi) is 6.09. The average Bonchev–Trinajstić information content (AvgIpc) is 2.48. The quantitative estimate of drug-likeness (QED) is 0.808. The molecule has 2 N–H and O–H groups in total. The number of rotatable bonds is 3. The molecule has 0 spiro atoms. The van der Waals surface area contributed by atoms with Crippen molar-refractivity contribution in [3.05, 3.63) is 59.4 Å². The van der Waals surface area contributed by atoms with Crippen LogP contribution in [0.1, 0.15) is 12.0 Å².